The van der Waals surface area contributed by atoms with E-state index in [1.165, 1.54) is 109 Å². The van der Waals surface area contributed by atoms with E-state index in [4.69, 9.17) is 14.2 Å². The van der Waals surface area contributed by atoms with Gasteiger partial charge in [0, 0.05) is 19.4 Å². The van der Waals surface area contributed by atoms with Gasteiger partial charge < -0.3 is 40.4 Å². The van der Waals surface area contributed by atoms with Crippen LogP contribution in [0.2, 0.25) is 0 Å². The monoisotopic (exact) mass is 930 g/mol. The Labute approximate surface area is 400 Å². The molecule has 0 aromatic heterocycles. The summed E-state index contributed by atoms with van der Waals surface area (Å²) in [5.41, 5.74) is 0.912. The van der Waals surface area contributed by atoms with Crippen molar-refractivity contribution in [3.05, 3.63) is 35.9 Å². The first-order chi connectivity index (χ1) is 32.2. The lowest BCUT2D eigenvalue weighted by Crippen LogP contribution is -2.65. The van der Waals surface area contributed by atoms with Crippen molar-refractivity contribution < 1.29 is 43.6 Å². The van der Waals surface area contributed by atoms with Gasteiger partial charge in [-0.15, -0.1) is 0 Å². The second-order valence-electron chi connectivity index (χ2n) is 18.9. The molecule has 1 fully saturated rings. The average molecular weight is 930 g/mol. The molecule has 2 rings (SSSR count). The molecule has 0 saturated carbocycles. The number of unbranched alkanes of at least 4 members (excludes halogenated alkanes) is 26. The number of aliphatic hydroxyl groups is 2. The molecule has 5 N–H and O–H groups in total. The molecule has 1 heterocycles. The van der Waals surface area contributed by atoms with Crippen molar-refractivity contribution in [3.63, 3.8) is 0 Å². The molecule has 0 spiro atoms. The molecule has 66 heavy (non-hydrogen) atoms. The zero-order valence-electron chi connectivity index (χ0n) is 41.9. The maximum atomic E-state index is 13.8. The van der Waals surface area contributed by atoms with Crippen molar-refractivity contribution in [1.29, 1.82) is 0 Å². The summed E-state index contributed by atoms with van der Waals surface area (Å²) in [7, 11) is 0. The van der Waals surface area contributed by atoms with E-state index in [0.717, 1.165) is 69.8 Å². The highest BCUT2D eigenvalue weighted by Crippen LogP contribution is 2.25. The molecule has 0 radical (unpaired) electrons. The van der Waals surface area contributed by atoms with Crippen molar-refractivity contribution in [2.75, 3.05) is 13.2 Å². The zero-order valence-corrected chi connectivity index (χ0v) is 41.9. The molecular weight excluding hydrogens is 835 g/mol. The van der Waals surface area contributed by atoms with E-state index in [9.17, 15) is 29.4 Å². The molecule has 6 atom stereocenters. The largest absolute Gasteiger partial charge is 0.457 e. The van der Waals surface area contributed by atoms with Gasteiger partial charge in [-0.05, 0) is 24.8 Å². The Kier molecular flexibility index (Phi) is 35.7. The van der Waals surface area contributed by atoms with E-state index in [2.05, 4.69) is 36.7 Å². The highest BCUT2D eigenvalue weighted by Gasteiger charge is 2.48. The van der Waals surface area contributed by atoms with E-state index in [-0.39, 0.29) is 32.0 Å². The van der Waals surface area contributed by atoms with Crippen LogP contribution in [0.3, 0.4) is 0 Å². The second-order valence-corrected chi connectivity index (χ2v) is 18.9. The Morgan fingerprint density at radius 1 is 0.606 bits per heavy atom. The first kappa shape index (κ1) is 59.1. The zero-order chi connectivity index (χ0) is 47.9. The van der Waals surface area contributed by atoms with Gasteiger partial charge in [-0.1, -0.05) is 218 Å². The van der Waals surface area contributed by atoms with Gasteiger partial charge in [0.2, 0.25) is 17.7 Å². The fraction of sp³-hybridized carbons (Fsp3) is 0.815. The summed E-state index contributed by atoms with van der Waals surface area (Å²) in [6.07, 6.45) is 27.2. The number of carbonyl (C=O) groups excluding carboxylic acids is 4. The standard InChI is InChI=1S/C54H95N3O9/c1-4-7-10-13-16-18-20-22-24-27-33-38-47(58)56-45(53(62)55-40-35-29-26-15-12-9-6-3)41-48(59)57-50-52(66-49(60)39-34-28-25-23-21-19-17-14-11-8-5-2)51(61)46(65-54(50)63)43-64-42-44-36-31-30-32-37-44/h30-32,36-37,45-46,50-52,54,61,63H,4-29,33-35,38-43H2,1-3H3,(H,55,62)(H,56,58)(H,57,59)/t45-,46+,50+,51+,52+,54-/m0/s1. The number of nitrogens with one attached hydrogen (secondary N) is 3. The van der Waals surface area contributed by atoms with Gasteiger partial charge in [0.25, 0.3) is 0 Å². The summed E-state index contributed by atoms with van der Waals surface area (Å²) >= 11 is 0. The third kappa shape index (κ3) is 29.0. The van der Waals surface area contributed by atoms with Crippen LogP contribution in [0, 0.1) is 0 Å². The van der Waals surface area contributed by atoms with Crippen LogP contribution in [0.25, 0.3) is 0 Å². The van der Waals surface area contributed by atoms with E-state index < -0.39 is 60.9 Å². The van der Waals surface area contributed by atoms with Gasteiger partial charge >= 0.3 is 5.97 Å². The quantitative estimate of drug-likeness (QED) is 0.0316. The van der Waals surface area contributed by atoms with E-state index in [1.807, 2.05) is 30.3 Å². The van der Waals surface area contributed by atoms with Crippen LogP contribution in [-0.2, 0) is 40.0 Å². The number of ether oxygens (including phenoxy) is 3. The molecule has 0 aliphatic carbocycles. The summed E-state index contributed by atoms with van der Waals surface area (Å²) in [6.45, 7) is 7.19. The molecule has 0 bridgehead atoms. The molecule has 12 nitrogen and oxygen atoms in total. The normalized spacial score (nSPS) is 18.7. The van der Waals surface area contributed by atoms with Crippen LogP contribution in [-0.4, -0.2) is 83.7 Å². The number of hydrogen-bond acceptors (Lipinski definition) is 9. The van der Waals surface area contributed by atoms with Crippen molar-refractivity contribution >= 4 is 23.7 Å². The Morgan fingerprint density at radius 2 is 1.08 bits per heavy atom. The summed E-state index contributed by atoms with van der Waals surface area (Å²) in [4.78, 5) is 53.8. The van der Waals surface area contributed by atoms with Crippen molar-refractivity contribution in [1.82, 2.24) is 16.0 Å². The second kappa shape index (κ2) is 39.9. The van der Waals surface area contributed by atoms with Crippen molar-refractivity contribution in [2.45, 2.75) is 270 Å². The van der Waals surface area contributed by atoms with Crippen LogP contribution in [0.1, 0.15) is 232 Å². The Bertz CT molecular complexity index is 1370. The number of benzene rings is 1. The van der Waals surface area contributed by atoms with Crippen LogP contribution in [0.15, 0.2) is 30.3 Å². The SMILES string of the molecule is CCCCCCCCCCCCCC(=O)N[C@@H](CC(=O)N[C@@H]1[C@@H](OC(=O)CCCCCCCCCCCCC)[C@H](O)[C@@H](COCc2ccccc2)O[C@@H]1O)C(=O)NCCCCCCCCC. The molecule has 1 saturated heterocycles. The van der Waals surface area contributed by atoms with Gasteiger partial charge in [0.15, 0.2) is 12.4 Å². The van der Waals surface area contributed by atoms with E-state index >= 15 is 0 Å². The minimum Gasteiger partial charge on any atom is -0.457 e. The Hall–Kier alpha value is -3.06. The first-order valence-corrected chi connectivity index (χ1v) is 26.9. The lowest BCUT2D eigenvalue weighted by molar-refractivity contribution is -0.262. The van der Waals surface area contributed by atoms with Crippen LogP contribution < -0.4 is 16.0 Å². The number of rotatable bonds is 42. The minimum absolute atomic E-state index is 0.105. The molecule has 1 aromatic carbocycles. The van der Waals surface area contributed by atoms with Crippen LogP contribution in [0.5, 0.6) is 0 Å². The number of aliphatic hydroxyl groups excluding tert-OH is 2. The summed E-state index contributed by atoms with van der Waals surface area (Å²) in [5.74, 6) is -2.00. The average Bonchev–Trinajstić information content (AvgIpc) is 3.31. The fourth-order valence-corrected chi connectivity index (χ4v) is 8.65. The Balaban J connectivity index is 2.03. The van der Waals surface area contributed by atoms with Gasteiger partial charge in [-0.3, -0.25) is 19.2 Å². The fourth-order valence-electron chi connectivity index (χ4n) is 8.65. The van der Waals surface area contributed by atoms with E-state index in [1.54, 1.807) is 0 Å². The highest BCUT2D eigenvalue weighted by molar-refractivity contribution is 5.92. The molecule has 0 unspecified atom stereocenters. The third-order valence-electron chi connectivity index (χ3n) is 12.8. The molecule has 3 amide bonds. The smallest absolute Gasteiger partial charge is 0.306 e. The molecular formula is C54H95N3O9. The lowest BCUT2D eigenvalue weighted by Gasteiger charge is -2.42. The molecule has 1 aliphatic heterocycles. The molecule has 380 valence electrons. The maximum Gasteiger partial charge on any atom is 0.306 e. The van der Waals surface area contributed by atoms with Gasteiger partial charge in [-0.2, -0.15) is 0 Å². The number of esters is 1. The highest BCUT2D eigenvalue weighted by atomic mass is 16.6. The first-order valence-electron chi connectivity index (χ1n) is 26.9. The third-order valence-corrected chi connectivity index (χ3v) is 12.8. The predicted molar refractivity (Wildman–Crippen MR) is 265 cm³/mol. The van der Waals surface area contributed by atoms with Crippen LogP contribution in [0.4, 0.5) is 0 Å². The topological polar surface area (TPSA) is 173 Å². The van der Waals surface area contributed by atoms with Crippen LogP contribution >= 0.6 is 0 Å². The minimum atomic E-state index is -1.66. The lowest BCUT2D eigenvalue weighted by atomic mass is 9.96. The van der Waals surface area contributed by atoms with Gasteiger partial charge in [0.05, 0.1) is 19.6 Å². The summed E-state index contributed by atoms with van der Waals surface area (Å²) < 4.78 is 17.5. The van der Waals surface area contributed by atoms with Gasteiger partial charge in [-0.25, -0.2) is 0 Å². The molecule has 1 aromatic rings. The maximum absolute atomic E-state index is 13.8. The predicted octanol–water partition coefficient (Wildman–Crippen LogP) is 10.8. The molecule has 1 aliphatic rings. The van der Waals surface area contributed by atoms with Gasteiger partial charge in [0.1, 0.15) is 24.3 Å². The summed E-state index contributed by atoms with van der Waals surface area (Å²) in [6, 6.07) is 6.98. The van der Waals surface area contributed by atoms with Crippen molar-refractivity contribution in [2.24, 2.45) is 0 Å². The summed E-state index contributed by atoms with van der Waals surface area (Å²) in [5, 5.41) is 31.3. The number of hydrogen-bond donors (Lipinski definition) is 5. The van der Waals surface area contributed by atoms with Crippen molar-refractivity contribution in [3.8, 4) is 0 Å². The number of amides is 3. The number of carbonyl (C=O) groups is 4. The molecule has 12 heteroatoms. The van der Waals surface area contributed by atoms with E-state index in [0.29, 0.717) is 19.4 Å². The Morgan fingerprint density at radius 3 is 1.59 bits per heavy atom.